The van der Waals surface area contributed by atoms with Crippen molar-refractivity contribution in [2.75, 3.05) is 19.7 Å². The summed E-state index contributed by atoms with van der Waals surface area (Å²) in [7, 11) is 0. The number of piperidine rings is 1. The van der Waals surface area contributed by atoms with Gasteiger partial charge in [-0.2, -0.15) is 0 Å². The van der Waals surface area contributed by atoms with Crippen molar-refractivity contribution in [1.29, 1.82) is 0 Å². The quantitative estimate of drug-likeness (QED) is 0.654. The summed E-state index contributed by atoms with van der Waals surface area (Å²) < 4.78 is 5.54. The Morgan fingerprint density at radius 1 is 0.966 bits per heavy atom. The first-order valence-electron chi connectivity index (χ1n) is 10.5. The van der Waals surface area contributed by atoms with Crippen molar-refractivity contribution in [1.82, 2.24) is 10.2 Å². The number of nitrogens with zero attached hydrogens (tertiary/aromatic N) is 1. The van der Waals surface area contributed by atoms with Crippen LogP contribution in [0.25, 0.3) is 0 Å². The van der Waals surface area contributed by atoms with E-state index in [4.69, 9.17) is 4.74 Å². The number of likely N-dealkylation sites (tertiary alicyclic amines) is 1. The third kappa shape index (κ3) is 6.43. The molecule has 1 saturated heterocycles. The summed E-state index contributed by atoms with van der Waals surface area (Å²) in [5.74, 6) is 0.516. The average molecular weight is 395 g/mol. The number of carbonyl (C=O) groups is 2. The number of hydrogen-bond acceptors (Lipinski definition) is 4. The summed E-state index contributed by atoms with van der Waals surface area (Å²) in [6.07, 6.45) is 4.33. The van der Waals surface area contributed by atoms with Gasteiger partial charge in [0.2, 0.25) is 0 Å². The minimum Gasteiger partial charge on any atom is -0.484 e. The summed E-state index contributed by atoms with van der Waals surface area (Å²) in [6.45, 7) is 5.52. The zero-order chi connectivity index (χ0) is 20.5. The van der Waals surface area contributed by atoms with Crippen LogP contribution in [-0.4, -0.2) is 36.3 Å². The maximum absolute atomic E-state index is 12.2. The van der Waals surface area contributed by atoms with E-state index in [1.54, 1.807) is 24.3 Å². The molecule has 5 heteroatoms. The highest BCUT2D eigenvalue weighted by atomic mass is 16.5. The number of benzene rings is 2. The highest BCUT2D eigenvalue weighted by Gasteiger charge is 2.13. The van der Waals surface area contributed by atoms with E-state index in [1.807, 2.05) is 13.0 Å². The third-order valence-electron chi connectivity index (χ3n) is 5.30. The summed E-state index contributed by atoms with van der Waals surface area (Å²) >= 11 is 0. The Bertz CT molecular complexity index is 811. The molecule has 0 unspecified atom stereocenters. The maximum Gasteiger partial charge on any atom is 0.258 e. The fraction of sp³-hybridized carbons (Fsp3) is 0.417. The molecule has 1 heterocycles. The molecule has 0 bridgehead atoms. The van der Waals surface area contributed by atoms with Crippen LogP contribution >= 0.6 is 0 Å². The van der Waals surface area contributed by atoms with E-state index in [-0.39, 0.29) is 18.3 Å². The van der Waals surface area contributed by atoms with Crippen molar-refractivity contribution in [3.8, 4) is 5.75 Å². The van der Waals surface area contributed by atoms with Gasteiger partial charge in [0.1, 0.15) is 5.75 Å². The van der Waals surface area contributed by atoms with Crippen molar-refractivity contribution >= 4 is 11.7 Å². The van der Waals surface area contributed by atoms with Crippen LogP contribution in [-0.2, 0) is 17.9 Å². The molecule has 3 rings (SSSR count). The van der Waals surface area contributed by atoms with E-state index in [0.29, 0.717) is 24.3 Å². The molecule has 1 amide bonds. The smallest absolute Gasteiger partial charge is 0.258 e. The first kappa shape index (κ1) is 21.1. The van der Waals surface area contributed by atoms with E-state index in [9.17, 15) is 9.59 Å². The van der Waals surface area contributed by atoms with Crippen LogP contribution in [0.3, 0.4) is 0 Å². The Morgan fingerprint density at radius 3 is 2.34 bits per heavy atom. The van der Waals surface area contributed by atoms with Crippen LogP contribution in [0.1, 0.15) is 54.1 Å². The van der Waals surface area contributed by atoms with Gasteiger partial charge in [0.25, 0.3) is 5.91 Å². The van der Waals surface area contributed by atoms with Gasteiger partial charge < -0.3 is 10.1 Å². The number of amides is 1. The van der Waals surface area contributed by atoms with Crippen molar-refractivity contribution in [3.63, 3.8) is 0 Å². The molecular formula is C24H30N2O3. The maximum atomic E-state index is 12.2. The Morgan fingerprint density at radius 2 is 1.66 bits per heavy atom. The van der Waals surface area contributed by atoms with Crippen LogP contribution in [0.5, 0.6) is 5.75 Å². The van der Waals surface area contributed by atoms with Gasteiger partial charge in [0, 0.05) is 25.1 Å². The van der Waals surface area contributed by atoms with Crippen LogP contribution in [0.2, 0.25) is 0 Å². The molecule has 0 atom stereocenters. The second kappa shape index (κ2) is 10.8. The molecular weight excluding hydrogens is 364 g/mol. The van der Waals surface area contributed by atoms with Gasteiger partial charge in [0.05, 0.1) is 0 Å². The van der Waals surface area contributed by atoms with Crippen LogP contribution < -0.4 is 10.1 Å². The molecule has 1 fully saturated rings. The number of rotatable bonds is 9. The van der Waals surface area contributed by atoms with Gasteiger partial charge in [-0.25, -0.2) is 0 Å². The molecule has 0 spiro atoms. The van der Waals surface area contributed by atoms with Gasteiger partial charge in [-0.15, -0.1) is 0 Å². The lowest BCUT2D eigenvalue weighted by Crippen LogP contribution is -2.31. The monoisotopic (exact) mass is 394 g/mol. The fourth-order valence-corrected chi connectivity index (χ4v) is 3.58. The molecule has 2 aromatic rings. The Balaban J connectivity index is 1.47. The van der Waals surface area contributed by atoms with Gasteiger partial charge in [-0.05, 0) is 61.3 Å². The third-order valence-corrected chi connectivity index (χ3v) is 5.30. The summed E-state index contributed by atoms with van der Waals surface area (Å²) in [4.78, 5) is 26.4. The number of nitrogens with one attached hydrogen (secondary N) is 1. The number of carbonyl (C=O) groups excluding carboxylic acids is 2. The molecule has 1 aliphatic heterocycles. The Hall–Kier alpha value is -2.66. The highest BCUT2D eigenvalue weighted by Crippen LogP contribution is 2.16. The molecule has 154 valence electrons. The standard InChI is InChI=1S/C24H30N2O3/c1-2-23(27)19-10-12-22(13-11-19)29-18-24(28)25-16-20-8-4-5-9-21(20)17-26-14-6-3-7-15-26/h4-5,8-13H,2-3,6-7,14-18H2,1H3,(H,25,28). The number of ether oxygens (including phenoxy) is 1. The minimum atomic E-state index is -0.161. The SMILES string of the molecule is CCC(=O)c1ccc(OCC(=O)NCc2ccccc2CN2CCCCC2)cc1. The summed E-state index contributed by atoms with van der Waals surface area (Å²) in [5.41, 5.74) is 3.08. The lowest BCUT2D eigenvalue weighted by Gasteiger charge is -2.27. The lowest BCUT2D eigenvalue weighted by molar-refractivity contribution is -0.123. The first-order valence-corrected chi connectivity index (χ1v) is 10.5. The van der Waals surface area contributed by atoms with Crippen molar-refractivity contribution < 1.29 is 14.3 Å². The zero-order valence-electron chi connectivity index (χ0n) is 17.2. The molecule has 1 aliphatic rings. The fourth-order valence-electron chi connectivity index (χ4n) is 3.58. The molecule has 29 heavy (non-hydrogen) atoms. The van der Waals surface area contributed by atoms with Crippen molar-refractivity contribution in [2.24, 2.45) is 0 Å². The van der Waals surface area contributed by atoms with Gasteiger partial charge in [0.15, 0.2) is 12.4 Å². The molecule has 0 radical (unpaired) electrons. The van der Waals surface area contributed by atoms with E-state index >= 15 is 0 Å². The Labute approximate surface area is 173 Å². The predicted molar refractivity (Wildman–Crippen MR) is 114 cm³/mol. The molecule has 0 saturated carbocycles. The number of ketones is 1. The molecule has 0 aliphatic carbocycles. The minimum absolute atomic E-state index is 0.0463. The number of Topliss-reactive ketones (excluding diaryl/α,β-unsaturated/α-hetero) is 1. The lowest BCUT2D eigenvalue weighted by atomic mass is 10.0. The van der Waals surface area contributed by atoms with E-state index in [2.05, 4.69) is 28.4 Å². The first-order chi connectivity index (χ1) is 14.2. The van der Waals surface area contributed by atoms with Gasteiger partial charge >= 0.3 is 0 Å². The molecule has 5 nitrogen and oxygen atoms in total. The Kier molecular flexibility index (Phi) is 7.82. The van der Waals surface area contributed by atoms with Crippen LogP contribution in [0.15, 0.2) is 48.5 Å². The number of hydrogen-bond donors (Lipinski definition) is 1. The highest BCUT2D eigenvalue weighted by molar-refractivity contribution is 5.95. The van der Waals surface area contributed by atoms with E-state index in [1.165, 1.54) is 24.8 Å². The van der Waals surface area contributed by atoms with Crippen LogP contribution in [0.4, 0.5) is 0 Å². The molecule has 0 aromatic heterocycles. The predicted octanol–water partition coefficient (Wildman–Crippen LogP) is 3.96. The second-order valence-electron chi connectivity index (χ2n) is 7.47. The van der Waals surface area contributed by atoms with Gasteiger partial charge in [-0.3, -0.25) is 14.5 Å². The molecule has 1 N–H and O–H groups in total. The average Bonchev–Trinajstić information content (AvgIpc) is 2.77. The largest absolute Gasteiger partial charge is 0.484 e. The summed E-state index contributed by atoms with van der Waals surface area (Å²) in [5, 5.41) is 2.95. The second-order valence-corrected chi connectivity index (χ2v) is 7.47. The van der Waals surface area contributed by atoms with E-state index in [0.717, 1.165) is 25.2 Å². The molecule has 2 aromatic carbocycles. The van der Waals surface area contributed by atoms with Crippen molar-refractivity contribution in [3.05, 3.63) is 65.2 Å². The zero-order valence-corrected chi connectivity index (χ0v) is 17.2. The summed E-state index contributed by atoms with van der Waals surface area (Å²) in [6, 6.07) is 15.2. The van der Waals surface area contributed by atoms with Crippen molar-refractivity contribution in [2.45, 2.75) is 45.7 Å². The normalized spacial score (nSPS) is 14.4. The topological polar surface area (TPSA) is 58.6 Å². The van der Waals surface area contributed by atoms with Gasteiger partial charge in [-0.1, -0.05) is 37.6 Å². The van der Waals surface area contributed by atoms with E-state index < -0.39 is 0 Å². The van der Waals surface area contributed by atoms with Crippen LogP contribution in [0, 0.1) is 0 Å².